The molecule has 3 aromatic carbocycles. The fraction of sp³-hybridized carbons (Fsp3) is 0.100. The van der Waals surface area contributed by atoms with Crippen molar-refractivity contribution >= 4 is 28.9 Å². The van der Waals surface area contributed by atoms with Gasteiger partial charge in [0.2, 0.25) is 0 Å². The van der Waals surface area contributed by atoms with Crippen molar-refractivity contribution in [3.05, 3.63) is 99.0 Å². The summed E-state index contributed by atoms with van der Waals surface area (Å²) in [7, 11) is 0. The van der Waals surface area contributed by atoms with E-state index in [-0.39, 0.29) is 5.92 Å². The molecule has 0 spiro atoms. The third kappa shape index (κ3) is 3.36. The van der Waals surface area contributed by atoms with Gasteiger partial charge in [0, 0.05) is 21.7 Å². The van der Waals surface area contributed by atoms with Crippen LogP contribution < -0.4 is 5.73 Å². The van der Waals surface area contributed by atoms with Gasteiger partial charge in [0.05, 0.1) is 0 Å². The zero-order valence-corrected chi connectivity index (χ0v) is 14.3. The van der Waals surface area contributed by atoms with Crippen LogP contribution in [0.5, 0.6) is 0 Å². The number of halogens is 2. The number of anilines is 1. The molecule has 0 aromatic heterocycles. The first kappa shape index (κ1) is 15.9. The van der Waals surface area contributed by atoms with Gasteiger partial charge in [0.25, 0.3) is 0 Å². The highest BCUT2D eigenvalue weighted by molar-refractivity contribution is 6.31. The average molecular weight is 342 g/mol. The van der Waals surface area contributed by atoms with Gasteiger partial charge in [0.1, 0.15) is 0 Å². The number of nitrogen functional groups attached to an aromatic ring is 1. The molecule has 0 radical (unpaired) electrons. The lowest BCUT2D eigenvalue weighted by Crippen LogP contribution is -2.07. The Morgan fingerprint density at radius 1 is 0.826 bits per heavy atom. The fourth-order valence-corrected chi connectivity index (χ4v) is 3.22. The summed E-state index contributed by atoms with van der Waals surface area (Å²) in [6.45, 7) is 2.07. The van der Waals surface area contributed by atoms with E-state index in [1.54, 1.807) is 6.07 Å². The minimum Gasteiger partial charge on any atom is -0.398 e. The van der Waals surface area contributed by atoms with Gasteiger partial charge in [0.15, 0.2) is 0 Å². The van der Waals surface area contributed by atoms with E-state index < -0.39 is 0 Å². The molecule has 23 heavy (non-hydrogen) atoms. The molecule has 1 atom stereocenters. The summed E-state index contributed by atoms with van der Waals surface area (Å²) >= 11 is 12.7. The van der Waals surface area contributed by atoms with Crippen LogP contribution in [0.25, 0.3) is 0 Å². The van der Waals surface area contributed by atoms with Gasteiger partial charge in [-0.2, -0.15) is 0 Å². The topological polar surface area (TPSA) is 26.0 Å². The Balaban J connectivity index is 2.24. The number of rotatable bonds is 3. The minimum atomic E-state index is -0.0528. The maximum absolute atomic E-state index is 6.47. The van der Waals surface area contributed by atoms with Crippen LogP contribution in [0.3, 0.4) is 0 Å². The van der Waals surface area contributed by atoms with Crippen molar-refractivity contribution in [2.75, 3.05) is 5.73 Å². The van der Waals surface area contributed by atoms with Crippen LogP contribution >= 0.6 is 23.2 Å². The van der Waals surface area contributed by atoms with Crippen molar-refractivity contribution in [3.63, 3.8) is 0 Å². The number of benzene rings is 3. The largest absolute Gasteiger partial charge is 0.398 e. The molecular formula is C20H17Cl2N. The van der Waals surface area contributed by atoms with Gasteiger partial charge in [-0.15, -0.1) is 0 Å². The lowest BCUT2D eigenvalue weighted by atomic mass is 9.84. The van der Waals surface area contributed by atoms with E-state index in [1.807, 2.05) is 36.4 Å². The minimum absolute atomic E-state index is 0.0528. The molecule has 0 heterocycles. The second-order valence-corrected chi connectivity index (χ2v) is 6.48. The van der Waals surface area contributed by atoms with Gasteiger partial charge in [-0.25, -0.2) is 0 Å². The maximum Gasteiger partial charge on any atom is 0.0447 e. The van der Waals surface area contributed by atoms with E-state index in [0.717, 1.165) is 21.7 Å². The molecule has 0 aliphatic rings. The Bertz CT molecular complexity index is 825. The van der Waals surface area contributed by atoms with Crippen LogP contribution in [0.1, 0.15) is 28.2 Å². The lowest BCUT2D eigenvalue weighted by Gasteiger charge is -2.22. The van der Waals surface area contributed by atoms with Crippen LogP contribution in [0.2, 0.25) is 10.0 Å². The van der Waals surface area contributed by atoms with E-state index >= 15 is 0 Å². The van der Waals surface area contributed by atoms with Crippen LogP contribution in [0.4, 0.5) is 5.69 Å². The molecule has 0 aliphatic heterocycles. The Kier molecular flexibility index (Phi) is 4.61. The molecule has 0 aliphatic carbocycles. The smallest absolute Gasteiger partial charge is 0.0447 e. The molecule has 3 rings (SSSR count). The van der Waals surface area contributed by atoms with E-state index in [9.17, 15) is 0 Å². The predicted molar refractivity (Wildman–Crippen MR) is 99.4 cm³/mol. The summed E-state index contributed by atoms with van der Waals surface area (Å²) in [5, 5.41) is 1.39. The number of nitrogens with two attached hydrogens (primary N) is 1. The molecule has 0 saturated heterocycles. The van der Waals surface area contributed by atoms with E-state index in [4.69, 9.17) is 28.9 Å². The summed E-state index contributed by atoms with van der Waals surface area (Å²) in [5.41, 5.74) is 11.3. The third-order valence-electron chi connectivity index (χ3n) is 3.99. The summed E-state index contributed by atoms with van der Waals surface area (Å²) in [6, 6.07) is 21.8. The summed E-state index contributed by atoms with van der Waals surface area (Å²) in [5.74, 6) is -0.0528. The molecular weight excluding hydrogens is 325 g/mol. The molecule has 0 amide bonds. The fourth-order valence-electron chi connectivity index (χ4n) is 2.79. The highest BCUT2D eigenvalue weighted by atomic mass is 35.5. The molecule has 1 unspecified atom stereocenters. The van der Waals surface area contributed by atoms with Crippen LogP contribution in [-0.4, -0.2) is 0 Å². The standard InChI is InChI=1S/C20H17Cl2N/c1-13-6-8-14(9-7-13)20(16-4-2-3-5-18(16)22)17-12-15(21)10-11-19(17)23/h2-12,20H,23H2,1H3. The normalized spacial score (nSPS) is 12.1. The van der Waals surface area contributed by atoms with E-state index in [2.05, 4.69) is 31.2 Å². The monoisotopic (exact) mass is 341 g/mol. The molecule has 2 N–H and O–H groups in total. The van der Waals surface area contributed by atoms with Crippen LogP contribution in [-0.2, 0) is 0 Å². The molecule has 116 valence electrons. The quantitative estimate of drug-likeness (QED) is 0.454. The first-order valence-corrected chi connectivity index (χ1v) is 8.18. The third-order valence-corrected chi connectivity index (χ3v) is 4.57. The van der Waals surface area contributed by atoms with Crippen molar-refractivity contribution < 1.29 is 0 Å². The molecule has 0 saturated carbocycles. The summed E-state index contributed by atoms with van der Waals surface area (Å²) < 4.78 is 0. The van der Waals surface area contributed by atoms with Gasteiger partial charge in [-0.3, -0.25) is 0 Å². The zero-order chi connectivity index (χ0) is 16.4. The maximum atomic E-state index is 6.47. The van der Waals surface area contributed by atoms with Crippen molar-refractivity contribution in [1.82, 2.24) is 0 Å². The molecule has 0 bridgehead atoms. The Hall–Kier alpha value is -1.96. The highest BCUT2D eigenvalue weighted by Crippen LogP contribution is 2.39. The first-order chi connectivity index (χ1) is 11.1. The highest BCUT2D eigenvalue weighted by Gasteiger charge is 2.21. The van der Waals surface area contributed by atoms with Crippen LogP contribution in [0.15, 0.2) is 66.7 Å². The number of hydrogen-bond donors (Lipinski definition) is 1. The Morgan fingerprint density at radius 3 is 2.22 bits per heavy atom. The van der Waals surface area contributed by atoms with E-state index in [1.165, 1.54) is 5.56 Å². The summed E-state index contributed by atoms with van der Waals surface area (Å²) in [6.07, 6.45) is 0. The molecule has 3 heteroatoms. The second kappa shape index (κ2) is 6.66. The SMILES string of the molecule is Cc1ccc(C(c2cc(Cl)ccc2N)c2ccccc2Cl)cc1. The van der Waals surface area contributed by atoms with Gasteiger partial charge >= 0.3 is 0 Å². The van der Waals surface area contributed by atoms with Crippen molar-refractivity contribution in [3.8, 4) is 0 Å². The van der Waals surface area contributed by atoms with Crippen LogP contribution in [0, 0.1) is 6.92 Å². The molecule has 1 nitrogen and oxygen atoms in total. The van der Waals surface area contributed by atoms with Gasteiger partial charge in [-0.1, -0.05) is 71.2 Å². The average Bonchev–Trinajstić information content (AvgIpc) is 2.54. The predicted octanol–water partition coefficient (Wildman–Crippen LogP) is 6.06. The second-order valence-electron chi connectivity index (χ2n) is 5.64. The first-order valence-electron chi connectivity index (χ1n) is 7.42. The van der Waals surface area contributed by atoms with Crippen molar-refractivity contribution in [2.24, 2.45) is 0 Å². The number of aryl methyl sites for hydroxylation is 1. The van der Waals surface area contributed by atoms with Gasteiger partial charge < -0.3 is 5.73 Å². The molecule has 3 aromatic rings. The zero-order valence-electron chi connectivity index (χ0n) is 12.8. The van der Waals surface area contributed by atoms with Crippen molar-refractivity contribution in [1.29, 1.82) is 0 Å². The van der Waals surface area contributed by atoms with Crippen molar-refractivity contribution in [2.45, 2.75) is 12.8 Å². The van der Waals surface area contributed by atoms with E-state index in [0.29, 0.717) is 10.7 Å². The molecule has 0 fully saturated rings. The Morgan fingerprint density at radius 2 is 1.52 bits per heavy atom. The summed E-state index contributed by atoms with van der Waals surface area (Å²) in [4.78, 5) is 0. The van der Waals surface area contributed by atoms with Gasteiger partial charge in [-0.05, 0) is 47.9 Å². The Labute approximate surface area is 146 Å². The number of hydrogen-bond acceptors (Lipinski definition) is 1. The lowest BCUT2D eigenvalue weighted by molar-refractivity contribution is 0.980.